The number of thioether (sulfide) groups is 1. The normalized spacial score (nSPS) is 11.6. The van der Waals surface area contributed by atoms with Crippen LogP contribution in [0.25, 0.3) is 0 Å². The first-order valence-corrected chi connectivity index (χ1v) is 7.19. The molecule has 0 spiro atoms. The Kier molecular flexibility index (Phi) is 8.69. The van der Waals surface area contributed by atoms with Crippen molar-refractivity contribution in [3.05, 3.63) is 28.2 Å². The second-order valence-corrected chi connectivity index (χ2v) is 5.84. The van der Waals surface area contributed by atoms with Crippen molar-refractivity contribution < 1.29 is 4.79 Å². The summed E-state index contributed by atoms with van der Waals surface area (Å²) in [6, 6.07) is 6.08. The van der Waals surface area contributed by atoms with Crippen molar-refractivity contribution in [2.75, 3.05) is 12.3 Å². The van der Waals surface area contributed by atoms with Gasteiger partial charge in [0.1, 0.15) is 0 Å². The molecule has 0 bridgehead atoms. The van der Waals surface area contributed by atoms with E-state index in [0.29, 0.717) is 12.3 Å². The maximum absolute atomic E-state index is 11.6. The van der Waals surface area contributed by atoms with E-state index in [2.05, 4.69) is 21.2 Å². The molecule has 1 aromatic rings. The van der Waals surface area contributed by atoms with Crippen LogP contribution in [0.2, 0.25) is 0 Å². The largest absolute Gasteiger partial charge is 0.352 e. The van der Waals surface area contributed by atoms with Gasteiger partial charge < -0.3 is 11.1 Å². The van der Waals surface area contributed by atoms with Crippen molar-refractivity contribution in [3.63, 3.8) is 0 Å². The van der Waals surface area contributed by atoms with Crippen LogP contribution in [0.3, 0.4) is 0 Å². The van der Waals surface area contributed by atoms with E-state index >= 15 is 0 Å². The lowest BCUT2D eigenvalue weighted by atomic mass is 10.2. The molecule has 3 nitrogen and oxygen atoms in total. The van der Waals surface area contributed by atoms with Gasteiger partial charge in [0.05, 0.1) is 5.75 Å². The van der Waals surface area contributed by atoms with Crippen LogP contribution in [-0.2, 0) is 4.79 Å². The van der Waals surface area contributed by atoms with Gasteiger partial charge >= 0.3 is 0 Å². The molecule has 18 heavy (non-hydrogen) atoms. The van der Waals surface area contributed by atoms with E-state index in [1.54, 1.807) is 11.8 Å². The Hall–Kier alpha value is -0.230. The molecule has 0 saturated heterocycles. The molecule has 0 aliphatic heterocycles. The van der Waals surface area contributed by atoms with Gasteiger partial charge in [-0.3, -0.25) is 4.79 Å². The number of carbonyl (C=O) groups excluding carboxylic acids is 1. The summed E-state index contributed by atoms with van der Waals surface area (Å²) in [5.74, 6) is 0.447. The topological polar surface area (TPSA) is 55.1 Å². The lowest BCUT2D eigenvalue weighted by Gasteiger charge is -2.11. The van der Waals surface area contributed by atoms with Gasteiger partial charge in [0.15, 0.2) is 0 Å². The number of aryl methyl sites for hydroxylation is 1. The Morgan fingerprint density at radius 2 is 2.22 bits per heavy atom. The first-order valence-electron chi connectivity index (χ1n) is 5.41. The third-order valence-electron chi connectivity index (χ3n) is 2.26. The highest BCUT2D eigenvalue weighted by atomic mass is 79.9. The van der Waals surface area contributed by atoms with Gasteiger partial charge in [-0.25, -0.2) is 0 Å². The summed E-state index contributed by atoms with van der Waals surface area (Å²) in [6.07, 6.45) is 0. The van der Waals surface area contributed by atoms with Gasteiger partial charge in [0.25, 0.3) is 0 Å². The van der Waals surface area contributed by atoms with E-state index in [4.69, 9.17) is 5.73 Å². The molecule has 0 aromatic heterocycles. The first kappa shape index (κ1) is 17.8. The molecule has 0 aliphatic rings. The Morgan fingerprint density at radius 3 is 2.78 bits per heavy atom. The number of rotatable bonds is 5. The van der Waals surface area contributed by atoms with Crippen LogP contribution >= 0.6 is 40.1 Å². The third kappa shape index (κ3) is 6.09. The van der Waals surface area contributed by atoms with Gasteiger partial charge in [-0.05, 0) is 37.6 Å². The van der Waals surface area contributed by atoms with Crippen LogP contribution in [-0.4, -0.2) is 24.2 Å². The van der Waals surface area contributed by atoms with Gasteiger partial charge in [-0.15, -0.1) is 24.2 Å². The van der Waals surface area contributed by atoms with Crippen molar-refractivity contribution in [1.82, 2.24) is 5.32 Å². The summed E-state index contributed by atoms with van der Waals surface area (Å²) in [7, 11) is 0. The fourth-order valence-corrected chi connectivity index (χ4v) is 2.59. The van der Waals surface area contributed by atoms with Crippen molar-refractivity contribution in [2.24, 2.45) is 5.73 Å². The molecule has 0 heterocycles. The first-order chi connectivity index (χ1) is 8.02. The minimum absolute atomic E-state index is 0. The van der Waals surface area contributed by atoms with E-state index in [0.717, 1.165) is 9.37 Å². The lowest BCUT2D eigenvalue weighted by molar-refractivity contribution is -0.119. The number of carbonyl (C=O) groups is 1. The molecular weight excluding hydrogens is 336 g/mol. The zero-order chi connectivity index (χ0) is 12.8. The summed E-state index contributed by atoms with van der Waals surface area (Å²) in [5.41, 5.74) is 6.61. The highest BCUT2D eigenvalue weighted by molar-refractivity contribution is 9.10. The second kappa shape index (κ2) is 8.80. The molecule has 1 amide bonds. The zero-order valence-electron chi connectivity index (χ0n) is 10.4. The van der Waals surface area contributed by atoms with Gasteiger partial charge in [0.2, 0.25) is 5.91 Å². The van der Waals surface area contributed by atoms with Crippen molar-refractivity contribution in [2.45, 2.75) is 24.8 Å². The van der Waals surface area contributed by atoms with Crippen molar-refractivity contribution in [1.29, 1.82) is 0 Å². The molecule has 6 heteroatoms. The van der Waals surface area contributed by atoms with Gasteiger partial charge in [0, 0.05) is 22.0 Å². The van der Waals surface area contributed by atoms with E-state index in [-0.39, 0.29) is 24.4 Å². The summed E-state index contributed by atoms with van der Waals surface area (Å²) in [4.78, 5) is 12.7. The van der Waals surface area contributed by atoms with E-state index in [1.165, 1.54) is 5.56 Å². The van der Waals surface area contributed by atoms with Gasteiger partial charge in [-0.2, -0.15) is 0 Å². The summed E-state index contributed by atoms with van der Waals surface area (Å²) < 4.78 is 1.06. The van der Waals surface area contributed by atoms with Gasteiger partial charge in [-0.1, -0.05) is 15.9 Å². The summed E-state index contributed by atoms with van der Waals surface area (Å²) in [6.45, 7) is 4.40. The Labute approximate surface area is 127 Å². The Morgan fingerprint density at radius 1 is 1.56 bits per heavy atom. The number of benzene rings is 1. The average Bonchev–Trinajstić information content (AvgIpc) is 2.27. The molecule has 3 N–H and O–H groups in total. The lowest BCUT2D eigenvalue weighted by Crippen LogP contribution is -2.38. The Bertz CT molecular complexity index is 404. The monoisotopic (exact) mass is 352 g/mol. The molecule has 0 radical (unpaired) electrons. The molecule has 0 saturated carbocycles. The predicted molar refractivity (Wildman–Crippen MR) is 83.5 cm³/mol. The quantitative estimate of drug-likeness (QED) is 0.800. The van der Waals surface area contributed by atoms with Crippen LogP contribution in [0, 0.1) is 6.92 Å². The maximum atomic E-state index is 11.6. The molecule has 102 valence electrons. The number of hydrogen-bond acceptors (Lipinski definition) is 3. The molecule has 0 aliphatic carbocycles. The average molecular weight is 354 g/mol. The van der Waals surface area contributed by atoms with Crippen LogP contribution < -0.4 is 11.1 Å². The fraction of sp³-hybridized carbons (Fsp3) is 0.417. The van der Waals surface area contributed by atoms with Crippen molar-refractivity contribution >= 4 is 46.0 Å². The summed E-state index contributed by atoms with van der Waals surface area (Å²) in [5, 5.41) is 2.84. The summed E-state index contributed by atoms with van der Waals surface area (Å²) >= 11 is 4.96. The standard InChI is InChI=1S/C12H17BrN2OS.ClH/c1-8-5-10(13)3-4-11(8)17-7-12(16)15-9(2)6-14;/h3-5,9H,6-7,14H2,1-2H3,(H,15,16);1H/t9-;/m0./s1. The highest BCUT2D eigenvalue weighted by Crippen LogP contribution is 2.24. The maximum Gasteiger partial charge on any atom is 0.230 e. The van der Waals surface area contributed by atoms with Crippen molar-refractivity contribution in [3.8, 4) is 0 Å². The molecule has 1 aromatic carbocycles. The fourth-order valence-electron chi connectivity index (χ4n) is 1.29. The highest BCUT2D eigenvalue weighted by Gasteiger charge is 2.07. The molecular formula is C12H18BrClN2OS. The number of halogens is 2. The number of hydrogen-bond donors (Lipinski definition) is 2. The third-order valence-corrected chi connectivity index (χ3v) is 3.93. The van der Waals surface area contributed by atoms with Crippen LogP contribution in [0.1, 0.15) is 12.5 Å². The smallest absolute Gasteiger partial charge is 0.230 e. The molecule has 0 unspecified atom stereocenters. The number of nitrogens with one attached hydrogen (secondary N) is 1. The van der Waals surface area contributed by atoms with Crippen LogP contribution in [0.4, 0.5) is 0 Å². The second-order valence-electron chi connectivity index (χ2n) is 3.90. The van der Waals surface area contributed by atoms with Crippen LogP contribution in [0.15, 0.2) is 27.6 Å². The predicted octanol–water partition coefficient (Wildman–Crippen LogP) is 2.73. The minimum Gasteiger partial charge on any atom is -0.352 e. The number of amides is 1. The zero-order valence-corrected chi connectivity index (χ0v) is 13.6. The SMILES string of the molecule is Cc1cc(Br)ccc1SCC(=O)N[C@@H](C)CN.Cl. The molecule has 1 rings (SSSR count). The molecule has 1 atom stereocenters. The minimum atomic E-state index is 0. The van der Waals surface area contributed by atoms with E-state index < -0.39 is 0 Å². The van der Waals surface area contributed by atoms with E-state index in [9.17, 15) is 4.79 Å². The number of nitrogens with two attached hydrogens (primary N) is 1. The Balaban J connectivity index is 0.00000289. The van der Waals surface area contributed by atoms with Crippen LogP contribution in [0.5, 0.6) is 0 Å². The van der Waals surface area contributed by atoms with E-state index in [1.807, 2.05) is 32.0 Å². The molecule has 0 fully saturated rings.